The third-order valence-corrected chi connectivity index (χ3v) is 14.1. The molecule has 464 valence electrons. The molecule has 0 heterocycles. The van der Waals surface area contributed by atoms with Crippen molar-refractivity contribution in [1.29, 1.82) is 0 Å². The zero-order valence-corrected chi connectivity index (χ0v) is 53.2. The molecule has 0 saturated heterocycles. The molecule has 0 aromatic carbocycles. The van der Waals surface area contributed by atoms with Gasteiger partial charge in [0.25, 0.3) is 0 Å². The van der Waals surface area contributed by atoms with Crippen LogP contribution < -0.4 is 0 Å². The van der Waals surface area contributed by atoms with Crippen molar-refractivity contribution < 1.29 is 28.6 Å². The average Bonchev–Trinajstić information content (AvgIpc) is 3.47. The number of ether oxygens (including phenoxy) is 3. The second-order valence-electron chi connectivity index (χ2n) is 22.0. The van der Waals surface area contributed by atoms with E-state index in [1.807, 2.05) is 0 Å². The van der Waals surface area contributed by atoms with Crippen LogP contribution in [0.25, 0.3) is 0 Å². The quantitative estimate of drug-likeness (QED) is 0.0261. The Labute approximate surface area is 506 Å². The maximum atomic E-state index is 12.9. The van der Waals surface area contributed by atoms with Crippen molar-refractivity contribution in [3.63, 3.8) is 0 Å². The molecule has 0 N–H and O–H groups in total. The summed E-state index contributed by atoms with van der Waals surface area (Å²) in [5.74, 6) is -0.928. The largest absolute Gasteiger partial charge is 0.462 e. The number of esters is 3. The van der Waals surface area contributed by atoms with Crippen LogP contribution in [0.1, 0.15) is 297 Å². The molecular weight excluding hydrogens is 1010 g/mol. The van der Waals surface area contributed by atoms with E-state index < -0.39 is 6.10 Å². The summed E-state index contributed by atoms with van der Waals surface area (Å²) < 4.78 is 16.9. The molecule has 0 aromatic rings. The molecule has 6 heteroatoms. The maximum absolute atomic E-state index is 12.9. The third kappa shape index (κ3) is 66.1. The van der Waals surface area contributed by atoms with Crippen LogP contribution in [0.15, 0.2) is 146 Å². The smallest absolute Gasteiger partial charge is 0.306 e. The molecule has 0 fully saturated rings. The lowest BCUT2D eigenvalue weighted by atomic mass is 10.1. The van der Waals surface area contributed by atoms with Crippen LogP contribution in [-0.4, -0.2) is 37.2 Å². The van der Waals surface area contributed by atoms with Gasteiger partial charge >= 0.3 is 17.9 Å². The molecule has 0 spiro atoms. The highest BCUT2D eigenvalue weighted by Gasteiger charge is 2.19. The van der Waals surface area contributed by atoms with Crippen molar-refractivity contribution in [2.45, 2.75) is 303 Å². The highest BCUT2D eigenvalue weighted by Crippen LogP contribution is 2.15. The average molecular weight is 1130 g/mol. The van der Waals surface area contributed by atoms with Gasteiger partial charge in [-0.05, 0) is 141 Å². The predicted molar refractivity (Wildman–Crippen MR) is 357 cm³/mol. The molecule has 0 amide bonds. The van der Waals surface area contributed by atoms with Gasteiger partial charge in [0.15, 0.2) is 6.10 Å². The Kier molecular flexibility index (Phi) is 64.8. The Morgan fingerprint density at radius 2 is 0.476 bits per heavy atom. The van der Waals surface area contributed by atoms with E-state index in [0.29, 0.717) is 19.3 Å². The zero-order valence-electron chi connectivity index (χ0n) is 53.2. The molecule has 0 rings (SSSR count). The number of unbranched alkanes of at least 4 members (excludes halogenated alkanes) is 25. The fraction of sp³-hybridized carbons (Fsp3) is 0.645. The maximum Gasteiger partial charge on any atom is 0.306 e. The van der Waals surface area contributed by atoms with Crippen LogP contribution in [0.5, 0.6) is 0 Å². The summed E-state index contributed by atoms with van der Waals surface area (Å²) in [4.78, 5) is 38.4. The summed E-state index contributed by atoms with van der Waals surface area (Å²) in [5, 5.41) is 0. The van der Waals surface area contributed by atoms with Crippen molar-refractivity contribution in [2.75, 3.05) is 13.2 Å². The highest BCUT2D eigenvalue weighted by atomic mass is 16.6. The minimum absolute atomic E-state index is 0.0961. The fourth-order valence-corrected chi connectivity index (χ4v) is 9.06. The number of allylic oxidation sites excluding steroid dienone is 24. The molecular formula is C76H124O6. The van der Waals surface area contributed by atoms with Crippen LogP contribution in [0.3, 0.4) is 0 Å². The second kappa shape index (κ2) is 68.8. The molecule has 0 bridgehead atoms. The number of carbonyl (C=O) groups excluding carboxylic acids is 3. The SMILES string of the molecule is CC/C=C\C/C=C\C/C=C\C/C=C\C/C=C\C/C=C\C/C=C\CCCCCCCC(=O)OCC(COC(=O)CCCCCCC/C=C\CCCCCCCCC)OC(=O)CCCCCCCCCC/C=C\C/C=C\C/C=C\C/C=C\CC. The van der Waals surface area contributed by atoms with E-state index in [9.17, 15) is 14.4 Å². The summed E-state index contributed by atoms with van der Waals surface area (Å²) >= 11 is 0. The summed E-state index contributed by atoms with van der Waals surface area (Å²) in [6, 6.07) is 0. The molecule has 0 aliphatic carbocycles. The monoisotopic (exact) mass is 1130 g/mol. The Morgan fingerprint density at radius 3 is 0.756 bits per heavy atom. The number of hydrogen-bond donors (Lipinski definition) is 0. The lowest BCUT2D eigenvalue weighted by Crippen LogP contribution is -2.30. The molecule has 0 aromatic heterocycles. The predicted octanol–water partition coefficient (Wildman–Crippen LogP) is 23.5. The van der Waals surface area contributed by atoms with Gasteiger partial charge in [-0.2, -0.15) is 0 Å². The lowest BCUT2D eigenvalue weighted by Gasteiger charge is -2.18. The van der Waals surface area contributed by atoms with Gasteiger partial charge in [-0.25, -0.2) is 0 Å². The molecule has 0 saturated carbocycles. The molecule has 0 aliphatic rings. The first-order valence-electron chi connectivity index (χ1n) is 33.8. The first-order chi connectivity index (χ1) is 40.5. The van der Waals surface area contributed by atoms with Gasteiger partial charge < -0.3 is 14.2 Å². The van der Waals surface area contributed by atoms with Gasteiger partial charge in [0, 0.05) is 19.3 Å². The van der Waals surface area contributed by atoms with E-state index in [1.165, 1.54) is 96.3 Å². The van der Waals surface area contributed by atoms with Crippen LogP contribution in [-0.2, 0) is 28.6 Å². The van der Waals surface area contributed by atoms with E-state index >= 15 is 0 Å². The molecule has 1 unspecified atom stereocenters. The van der Waals surface area contributed by atoms with E-state index in [-0.39, 0.29) is 31.1 Å². The summed E-state index contributed by atoms with van der Waals surface area (Å²) in [7, 11) is 0. The first kappa shape index (κ1) is 77.3. The summed E-state index contributed by atoms with van der Waals surface area (Å²) in [6.45, 7) is 6.40. The van der Waals surface area contributed by atoms with Gasteiger partial charge in [-0.15, -0.1) is 0 Å². The minimum Gasteiger partial charge on any atom is -0.462 e. The highest BCUT2D eigenvalue weighted by molar-refractivity contribution is 5.71. The van der Waals surface area contributed by atoms with Gasteiger partial charge in [0.1, 0.15) is 13.2 Å². The van der Waals surface area contributed by atoms with Crippen molar-refractivity contribution in [1.82, 2.24) is 0 Å². The Bertz CT molecular complexity index is 1780. The Hall–Kier alpha value is -4.71. The summed E-state index contributed by atoms with van der Waals surface area (Å²) in [5.41, 5.74) is 0. The third-order valence-electron chi connectivity index (χ3n) is 14.1. The standard InChI is InChI=1S/C76H124O6/c1-4-7-10-13-16-19-22-25-28-31-33-35-36-37-38-39-40-42-43-45-48-51-54-57-60-63-66-69-75(78)81-72-73(71-80-74(77)68-65-62-59-56-53-50-47-30-27-24-21-18-15-12-9-6-3)82-76(79)70-67-64-61-58-55-52-49-46-44-41-34-32-29-26-23-20-17-14-11-8-5-2/h7-8,10-11,16-17,19-20,25-26,28-30,33-35,37-38,40-42,45,47-48,73H,4-6,9,12-15,18,21-24,27,31-32,36,39,43-44,46,49-72H2,1-3H3/b10-7-,11-8-,19-16-,20-17-,28-25-,29-26-,35-33-,38-37-,41-34-,42-40-,47-30-,48-45-. The van der Waals surface area contributed by atoms with E-state index in [4.69, 9.17) is 14.2 Å². The fourth-order valence-electron chi connectivity index (χ4n) is 9.06. The van der Waals surface area contributed by atoms with E-state index in [0.717, 1.165) is 161 Å². The Balaban J connectivity index is 4.45. The molecule has 1 atom stereocenters. The van der Waals surface area contributed by atoms with Crippen molar-refractivity contribution >= 4 is 17.9 Å². The van der Waals surface area contributed by atoms with Crippen LogP contribution in [0.4, 0.5) is 0 Å². The van der Waals surface area contributed by atoms with Crippen molar-refractivity contribution in [2.24, 2.45) is 0 Å². The number of hydrogen-bond acceptors (Lipinski definition) is 6. The number of rotatable bonds is 60. The van der Waals surface area contributed by atoms with E-state index in [1.54, 1.807) is 0 Å². The lowest BCUT2D eigenvalue weighted by molar-refractivity contribution is -0.167. The second-order valence-corrected chi connectivity index (χ2v) is 22.0. The van der Waals surface area contributed by atoms with Crippen LogP contribution in [0, 0.1) is 0 Å². The topological polar surface area (TPSA) is 78.9 Å². The van der Waals surface area contributed by atoms with Gasteiger partial charge in [-0.3, -0.25) is 14.4 Å². The Morgan fingerprint density at radius 1 is 0.256 bits per heavy atom. The number of carbonyl (C=O) groups is 3. The minimum atomic E-state index is -0.802. The van der Waals surface area contributed by atoms with E-state index in [2.05, 4.69) is 167 Å². The van der Waals surface area contributed by atoms with Crippen molar-refractivity contribution in [3.8, 4) is 0 Å². The molecule has 82 heavy (non-hydrogen) atoms. The van der Waals surface area contributed by atoms with Gasteiger partial charge in [0.05, 0.1) is 0 Å². The van der Waals surface area contributed by atoms with Crippen LogP contribution >= 0.6 is 0 Å². The zero-order chi connectivity index (χ0) is 59.2. The van der Waals surface area contributed by atoms with Gasteiger partial charge in [-0.1, -0.05) is 282 Å². The first-order valence-corrected chi connectivity index (χ1v) is 33.8. The molecule has 0 aliphatic heterocycles. The normalized spacial score (nSPS) is 13.1. The molecule has 6 nitrogen and oxygen atoms in total. The summed E-state index contributed by atoms with van der Waals surface area (Å²) in [6.07, 6.45) is 98.5. The van der Waals surface area contributed by atoms with Crippen molar-refractivity contribution in [3.05, 3.63) is 146 Å². The van der Waals surface area contributed by atoms with Gasteiger partial charge in [0.2, 0.25) is 0 Å². The van der Waals surface area contributed by atoms with Crippen LogP contribution in [0.2, 0.25) is 0 Å². The molecule has 0 radical (unpaired) electrons.